The molecule has 3 aromatic carbocycles. The molecule has 44 heavy (non-hydrogen) atoms. The number of phenols is 1. The second-order valence-electron chi connectivity index (χ2n) is 13.3. The van der Waals surface area contributed by atoms with Crippen LogP contribution in [0.15, 0.2) is 77.6 Å². The molecule has 3 aromatic rings. The highest BCUT2D eigenvalue weighted by Gasteiger charge is 2.45. The minimum absolute atomic E-state index is 0.0146. The summed E-state index contributed by atoms with van der Waals surface area (Å²) in [6, 6.07) is 16.3. The van der Waals surface area contributed by atoms with Crippen LogP contribution in [0.3, 0.4) is 0 Å². The minimum Gasteiger partial charge on any atom is -0.506 e. The van der Waals surface area contributed by atoms with E-state index in [2.05, 4.69) is 78.4 Å². The number of allylic oxidation sites excluding steroid dienone is 4. The lowest BCUT2D eigenvalue weighted by atomic mass is 9.78. The highest BCUT2D eigenvalue weighted by molar-refractivity contribution is 6.32. The molecule has 0 unspecified atom stereocenters. The number of phenolic OH excluding ortho intramolecular Hbond substituents is 1. The number of hydrogen-bond acceptors (Lipinski definition) is 4. The summed E-state index contributed by atoms with van der Waals surface area (Å²) in [5, 5.41) is 15.9. The predicted octanol–water partition coefficient (Wildman–Crippen LogP) is 8.96. The van der Waals surface area contributed by atoms with E-state index in [0.717, 1.165) is 54.7 Å². The standard InChI is InChI=1S/C37H39ClN2O4/c1-36(2,3)44-35(42)39-18-9-19-40-29-16-14-23-10-6-7-13-27(23)33(29)37(4,5)32(40)17-15-24-11-8-12-25-20-26-21-28(38)30(41)22-31(26)43-34(24)25/h6-7,10,13-17,20-22H,8-9,11-12,18-19H2,1-5H3,(H,39,42)/p+1. The zero-order chi connectivity index (χ0) is 31.2. The van der Waals surface area contributed by atoms with Crippen LogP contribution in [-0.2, 0) is 10.2 Å². The molecule has 0 spiro atoms. The zero-order valence-corrected chi connectivity index (χ0v) is 26.8. The molecule has 228 valence electrons. The molecule has 0 radical (unpaired) electrons. The summed E-state index contributed by atoms with van der Waals surface area (Å²) >= 11 is 6.18. The van der Waals surface area contributed by atoms with E-state index >= 15 is 0 Å². The highest BCUT2D eigenvalue weighted by atomic mass is 35.5. The number of halogens is 1. The van der Waals surface area contributed by atoms with E-state index in [9.17, 15) is 9.90 Å². The first-order chi connectivity index (χ1) is 20.9. The summed E-state index contributed by atoms with van der Waals surface area (Å²) in [4.78, 5) is 12.3. The lowest BCUT2D eigenvalue weighted by Gasteiger charge is -2.27. The van der Waals surface area contributed by atoms with Gasteiger partial charge in [-0.05, 0) is 100 Å². The van der Waals surface area contributed by atoms with Crippen molar-refractivity contribution in [1.29, 1.82) is 0 Å². The SMILES string of the molecule is CC(C)(C)OC(=O)NCCC[N+]1=C(/C=C/C2=C3Oc4cc(O)c(Cl)cc4C=C3CCC2)C(C)(C)c2c1ccc1ccccc21. The summed E-state index contributed by atoms with van der Waals surface area (Å²) in [5.41, 5.74) is 6.10. The van der Waals surface area contributed by atoms with Gasteiger partial charge in [0.1, 0.15) is 22.9 Å². The molecule has 3 aliphatic rings. The molecular weight excluding hydrogens is 572 g/mol. The highest BCUT2D eigenvalue weighted by Crippen LogP contribution is 2.46. The average molecular weight is 612 g/mol. The molecule has 2 N–H and O–H groups in total. The van der Waals surface area contributed by atoms with E-state index in [1.165, 1.54) is 27.7 Å². The maximum Gasteiger partial charge on any atom is 0.407 e. The van der Waals surface area contributed by atoms with Gasteiger partial charge in [0.2, 0.25) is 5.69 Å². The molecule has 0 saturated carbocycles. The van der Waals surface area contributed by atoms with Crippen LogP contribution in [0.2, 0.25) is 5.02 Å². The van der Waals surface area contributed by atoms with Gasteiger partial charge in [0.15, 0.2) is 12.3 Å². The third kappa shape index (κ3) is 5.75. The lowest BCUT2D eigenvalue weighted by molar-refractivity contribution is -0.437. The molecule has 0 fully saturated rings. The molecule has 6 nitrogen and oxygen atoms in total. The Morgan fingerprint density at radius 1 is 1.14 bits per heavy atom. The Morgan fingerprint density at radius 2 is 1.93 bits per heavy atom. The number of fused-ring (bicyclic) bond motifs is 5. The van der Waals surface area contributed by atoms with Crippen molar-refractivity contribution in [1.82, 2.24) is 5.32 Å². The molecule has 1 aliphatic carbocycles. The summed E-state index contributed by atoms with van der Waals surface area (Å²) in [6.45, 7) is 11.4. The fourth-order valence-corrected chi connectivity index (χ4v) is 6.76. The van der Waals surface area contributed by atoms with Gasteiger partial charge in [-0.15, -0.1) is 0 Å². The van der Waals surface area contributed by atoms with Gasteiger partial charge in [-0.2, -0.15) is 4.58 Å². The van der Waals surface area contributed by atoms with E-state index in [-0.39, 0.29) is 11.2 Å². The van der Waals surface area contributed by atoms with E-state index in [0.29, 0.717) is 17.3 Å². The van der Waals surface area contributed by atoms with Crippen LogP contribution in [0, 0.1) is 0 Å². The lowest BCUT2D eigenvalue weighted by Crippen LogP contribution is -2.34. The van der Waals surface area contributed by atoms with Crippen molar-refractivity contribution in [3.63, 3.8) is 0 Å². The molecule has 6 rings (SSSR count). The van der Waals surface area contributed by atoms with Gasteiger partial charge in [-0.25, -0.2) is 4.79 Å². The number of alkyl carbamates (subject to hydrolysis) is 1. The fraction of sp³-hybridized carbons (Fsp3) is 0.351. The number of nitrogens with one attached hydrogen (secondary N) is 1. The van der Waals surface area contributed by atoms with Crippen molar-refractivity contribution in [2.24, 2.45) is 0 Å². The van der Waals surface area contributed by atoms with Crippen LogP contribution in [0.5, 0.6) is 11.5 Å². The van der Waals surface area contributed by atoms with E-state index in [1.54, 1.807) is 12.1 Å². The van der Waals surface area contributed by atoms with Crippen LogP contribution in [0.25, 0.3) is 16.8 Å². The van der Waals surface area contributed by atoms with Crippen LogP contribution in [-0.4, -0.2) is 40.2 Å². The molecular formula is C37H40ClN2O4+. The second kappa shape index (κ2) is 11.5. The average Bonchev–Trinajstić information content (AvgIpc) is 3.18. The van der Waals surface area contributed by atoms with Crippen molar-refractivity contribution < 1.29 is 24.0 Å². The second-order valence-corrected chi connectivity index (χ2v) is 13.7. The van der Waals surface area contributed by atoms with Crippen molar-refractivity contribution in [2.75, 3.05) is 13.1 Å². The number of carbonyl (C=O) groups excluding carboxylic acids is 1. The number of aromatic hydroxyl groups is 1. The van der Waals surface area contributed by atoms with Gasteiger partial charge < -0.3 is 19.9 Å². The first-order valence-corrected chi connectivity index (χ1v) is 15.8. The number of benzene rings is 3. The van der Waals surface area contributed by atoms with Crippen molar-refractivity contribution >= 4 is 45.9 Å². The molecule has 0 saturated heterocycles. The zero-order valence-electron chi connectivity index (χ0n) is 26.1. The van der Waals surface area contributed by atoms with Gasteiger partial charge in [-0.3, -0.25) is 0 Å². The third-order valence-corrected chi connectivity index (χ3v) is 8.82. The van der Waals surface area contributed by atoms with Crippen molar-refractivity contribution in [2.45, 2.75) is 71.3 Å². The normalized spacial score (nSPS) is 17.3. The van der Waals surface area contributed by atoms with Gasteiger partial charge in [0.05, 0.1) is 10.4 Å². The van der Waals surface area contributed by atoms with Crippen molar-refractivity contribution in [3.8, 4) is 11.5 Å². The first kappa shape index (κ1) is 30.0. The van der Waals surface area contributed by atoms with Gasteiger partial charge in [0, 0.05) is 42.3 Å². The Balaban J connectivity index is 1.35. The van der Waals surface area contributed by atoms with Crippen LogP contribution < -0.4 is 10.1 Å². The van der Waals surface area contributed by atoms with E-state index in [4.69, 9.17) is 21.1 Å². The molecule has 1 amide bonds. The van der Waals surface area contributed by atoms with E-state index < -0.39 is 11.7 Å². The minimum atomic E-state index is -0.532. The van der Waals surface area contributed by atoms with Gasteiger partial charge in [0.25, 0.3) is 0 Å². The maximum atomic E-state index is 12.3. The number of nitrogens with zero attached hydrogens (tertiary/aromatic N) is 1. The predicted molar refractivity (Wildman–Crippen MR) is 177 cm³/mol. The van der Waals surface area contributed by atoms with Crippen molar-refractivity contribution in [3.05, 3.63) is 93.7 Å². The Hall–Kier alpha value is -4.03. The smallest absolute Gasteiger partial charge is 0.407 e. The van der Waals surface area contributed by atoms with Gasteiger partial charge in [-0.1, -0.05) is 35.9 Å². The Labute approximate surface area is 264 Å². The summed E-state index contributed by atoms with van der Waals surface area (Å²) in [5.74, 6) is 1.50. The van der Waals surface area contributed by atoms with Gasteiger partial charge >= 0.3 is 6.09 Å². The first-order valence-electron chi connectivity index (χ1n) is 15.4. The third-order valence-electron chi connectivity index (χ3n) is 8.52. The monoisotopic (exact) mass is 611 g/mol. The Kier molecular flexibility index (Phi) is 7.83. The number of ether oxygens (including phenoxy) is 2. The molecule has 7 heteroatoms. The van der Waals surface area contributed by atoms with Crippen LogP contribution in [0.4, 0.5) is 10.5 Å². The number of amides is 1. The Morgan fingerprint density at radius 3 is 2.73 bits per heavy atom. The van der Waals surface area contributed by atoms with Crippen LogP contribution in [0.1, 0.15) is 71.4 Å². The summed E-state index contributed by atoms with van der Waals surface area (Å²) in [7, 11) is 0. The summed E-state index contributed by atoms with van der Waals surface area (Å²) < 4.78 is 14.2. The number of rotatable bonds is 6. The largest absolute Gasteiger partial charge is 0.506 e. The Bertz CT molecular complexity index is 1790. The quantitative estimate of drug-likeness (QED) is 0.216. The molecule has 2 heterocycles. The topological polar surface area (TPSA) is 70.8 Å². The number of hydrogen-bond donors (Lipinski definition) is 2. The maximum absolute atomic E-state index is 12.3. The molecule has 0 bridgehead atoms. The number of carbonyl (C=O) groups is 1. The molecule has 0 aromatic heterocycles. The molecule has 2 aliphatic heterocycles. The summed E-state index contributed by atoms with van der Waals surface area (Å²) in [6.07, 6.45) is 9.82. The fourth-order valence-electron chi connectivity index (χ4n) is 6.58. The van der Waals surface area contributed by atoms with Crippen LogP contribution >= 0.6 is 11.6 Å². The molecule has 0 atom stereocenters. The van der Waals surface area contributed by atoms with E-state index in [1.807, 2.05) is 20.8 Å².